The molecule has 4 heteroatoms. The number of carbonyl (C=O) groups excluding carboxylic acids is 1. The third kappa shape index (κ3) is 3.44. The van der Waals surface area contributed by atoms with Crippen LogP contribution in [0.3, 0.4) is 0 Å². The van der Waals surface area contributed by atoms with Gasteiger partial charge in [-0.1, -0.05) is 43.0 Å². The molecule has 0 amide bonds. The molecule has 0 aliphatic heterocycles. The maximum absolute atomic E-state index is 11.9. The van der Waals surface area contributed by atoms with Crippen molar-refractivity contribution in [2.24, 2.45) is 0 Å². The van der Waals surface area contributed by atoms with Crippen molar-refractivity contribution in [1.29, 1.82) is 0 Å². The zero-order valence-corrected chi connectivity index (χ0v) is 11.1. The van der Waals surface area contributed by atoms with Crippen LogP contribution in [0.2, 0.25) is 0 Å². The lowest BCUT2D eigenvalue weighted by Gasteiger charge is -2.09. The molecule has 0 heterocycles. The van der Waals surface area contributed by atoms with E-state index in [4.69, 9.17) is 9.84 Å². The second kappa shape index (κ2) is 6.84. The number of benzene rings is 2. The van der Waals surface area contributed by atoms with E-state index in [1.807, 2.05) is 36.4 Å². The fraction of sp³-hybridized carbons (Fsp3) is 0.188. The van der Waals surface area contributed by atoms with Crippen molar-refractivity contribution in [2.45, 2.75) is 0 Å². The normalized spacial score (nSPS) is 10.4. The number of aliphatic hydroxyl groups is 1. The van der Waals surface area contributed by atoms with Gasteiger partial charge >= 0.3 is 5.97 Å². The van der Waals surface area contributed by atoms with Crippen molar-refractivity contribution in [3.05, 3.63) is 54.6 Å². The molecule has 4 nitrogen and oxygen atoms in total. The molecule has 20 heavy (non-hydrogen) atoms. The van der Waals surface area contributed by atoms with Crippen LogP contribution in [0.25, 0.3) is 10.8 Å². The van der Waals surface area contributed by atoms with Gasteiger partial charge < -0.3 is 15.2 Å². The van der Waals surface area contributed by atoms with Gasteiger partial charge in [0, 0.05) is 24.0 Å². The first kappa shape index (κ1) is 14.2. The Bertz CT molecular complexity index is 617. The van der Waals surface area contributed by atoms with Crippen molar-refractivity contribution < 1.29 is 14.6 Å². The lowest BCUT2D eigenvalue weighted by atomic mass is 10.1. The van der Waals surface area contributed by atoms with Gasteiger partial charge in [0.15, 0.2) is 0 Å². The first-order valence-corrected chi connectivity index (χ1v) is 6.41. The number of hydrogen-bond acceptors (Lipinski definition) is 4. The van der Waals surface area contributed by atoms with Crippen LogP contribution < -0.4 is 10.1 Å². The van der Waals surface area contributed by atoms with Crippen molar-refractivity contribution in [2.75, 3.05) is 19.7 Å². The number of rotatable bonds is 6. The molecule has 2 aromatic rings. The molecule has 0 radical (unpaired) electrons. The van der Waals surface area contributed by atoms with Gasteiger partial charge in [0.1, 0.15) is 5.75 Å². The molecular weight excluding hydrogens is 254 g/mol. The van der Waals surface area contributed by atoms with Crippen molar-refractivity contribution >= 4 is 16.7 Å². The third-order valence-corrected chi connectivity index (χ3v) is 2.87. The van der Waals surface area contributed by atoms with Crippen LogP contribution in [0.1, 0.15) is 0 Å². The lowest BCUT2D eigenvalue weighted by molar-refractivity contribution is -0.130. The second-order valence-corrected chi connectivity index (χ2v) is 4.37. The fourth-order valence-corrected chi connectivity index (χ4v) is 1.85. The summed E-state index contributed by atoms with van der Waals surface area (Å²) in [5.41, 5.74) is 0.325. The Morgan fingerprint density at radius 1 is 1.20 bits per heavy atom. The zero-order chi connectivity index (χ0) is 14.4. The van der Waals surface area contributed by atoms with Crippen LogP contribution >= 0.6 is 0 Å². The summed E-state index contributed by atoms with van der Waals surface area (Å²) in [6, 6.07) is 13.3. The Labute approximate surface area is 117 Å². The van der Waals surface area contributed by atoms with Gasteiger partial charge in [0.25, 0.3) is 0 Å². The van der Waals surface area contributed by atoms with Crippen molar-refractivity contribution in [3.63, 3.8) is 0 Å². The van der Waals surface area contributed by atoms with Gasteiger partial charge in [0.05, 0.1) is 6.61 Å². The van der Waals surface area contributed by atoms with E-state index in [2.05, 4.69) is 11.9 Å². The van der Waals surface area contributed by atoms with E-state index < -0.39 is 5.97 Å². The molecule has 104 valence electrons. The molecule has 0 saturated heterocycles. The van der Waals surface area contributed by atoms with E-state index in [-0.39, 0.29) is 6.61 Å². The highest BCUT2D eigenvalue weighted by atomic mass is 16.5. The van der Waals surface area contributed by atoms with Crippen molar-refractivity contribution in [1.82, 2.24) is 5.32 Å². The minimum Gasteiger partial charge on any atom is -0.422 e. The largest absolute Gasteiger partial charge is 0.422 e. The van der Waals surface area contributed by atoms with Crippen LogP contribution in [0.4, 0.5) is 0 Å². The Kier molecular flexibility index (Phi) is 4.87. The molecule has 0 aliphatic carbocycles. The van der Waals surface area contributed by atoms with Crippen LogP contribution in [-0.4, -0.2) is 30.8 Å². The Balaban J connectivity index is 2.08. The van der Waals surface area contributed by atoms with Crippen LogP contribution in [0.15, 0.2) is 54.6 Å². The minimum absolute atomic E-state index is 0.0195. The Morgan fingerprint density at radius 3 is 2.75 bits per heavy atom. The van der Waals surface area contributed by atoms with Crippen LogP contribution in [0, 0.1) is 0 Å². The number of esters is 1. The van der Waals surface area contributed by atoms with E-state index in [9.17, 15) is 4.79 Å². The lowest BCUT2D eigenvalue weighted by Crippen LogP contribution is -2.25. The molecule has 2 N–H and O–H groups in total. The standard InChI is InChI=1S/C16H17NO3/c1-12(11-17-9-10-18)16(19)20-15-8-4-6-13-5-2-3-7-14(13)15/h2-8,17-18H,1,9-11H2. The van der Waals surface area contributed by atoms with Crippen LogP contribution in [-0.2, 0) is 4.79 Å². The number of nitrogens with one attached hydrogen (secondary N) is 1. The molecule has 0 atom stereocenters. The van der Waals surface area contributed by atoms with Gasteiger partial charge in [-0.25, -0.2) is 4.79 Å². The van der Waals surface area contributed by atoms with E-state index >= 15 is 0 Å². The number of carbonyl (C=O) groups is 1. The molecule has 0 spiro atoms. The first-order chi connectivity index (χ1) is 9.72. The van der Waals surface area contributed by atoms with E-state index in [1.54, 1.807) is 6.07 Å². The van der Waals surface area contributed by atoms with Gasteiger partial charge in [-0.3, -0.25) is 0 Å². The highest BCUT2D eigenvalue weighted by Crippen LogP contribution is 2.25. The molecule has 2 aromatic carbocycles. The predicted octanol–water partition coefficient (Wildman–Crippen LogP) is 1.88. The van der Waals surface area contributed by atoms with Gasteiger partial charge in [-0.05, 0) is 11.5 Å². The number of fused-ring (bicyclic) bond motifs is 1. The SMILES string of the molecule is C=C(CNCCO)C(=O)Oc1cccc2ccccc12. The number of aliphatic hydroxyl groups excluding tert-OH is 1. The highest BCUT2D eigenvalue weighted by molar-refractivity contribution is 5.94. The van der Waals surface area contributed by atoms with E-state index in [1.165, 1.54) is 0 Å². The molecular formula is C16H17NO3. The topological polar surface area (TPSA) is 58.6 Å². The summed E-state index contributed by atoms with van der Waals surface area (Å²) in [6.07, 6.45) is 0. The van der Waals surface area contributed by atoms with E-state index in [0.29, 0.717) is 24.4 Å². The third-order valence-electron chi connectivity index (χ3n) is 2.87. The van der Waals surface area contributed by atoms with Gasteiger partial charge in [-0.2, -0.15) is 0 Å². The fourth-order valence-electron chi connectivity index (χ4n) is 1.85. The molecule has 0 unspecified atom stereocenters. The average molecular weight is 271 g/mol. The second-order valence-electron chi connectivity index (χ2n) is 4.37. The highest BCUT2D eigenvalue weighted by Gasteiger charge is 2.11. The minimum atomic E-state index is -0.466. The monoisotopic (exact) mass is 271 g/mol. The average Bonchev–Trinajstić information content (AvgIpc) is 2.47. The molecule has 0 aliphatic rings. The predicted molar refractivity (Wildman–Crippen MR) is 78.7 cm³/mol. The summed E-state index contributed by atoms with van der Waals surface area (Å²) in [6.45, 7) is 4.42. The molecule has 0 aromatic heterocycles. The molecule has 2 rings (SSSR count). The zero-order valence-electron chi connectivity index (χ0n) is 11.1. The summed E-state index contributed by atoms with van der Waals surface area (Å²) in [5, 5.41) is 13.5. The maximum atomic E-state index is 11.9. The quantitative estimate of drug-likeness (QED) is 0.364. The summed E-state index contributed by atoms with van der Waals surface area (Å²) in [7, 11) is 0. The number of ether oxygens (including phenoxy) is 1. The summed E-state index contributed by atoms with van der Waals surface area (Å²) in [5.74, 6) is 0.0585. The van der Waals surface area contributed by atoms with Gasteiger partial charge in [0.2, 0.25) is 0 Å². The van der Waals surface area contributed by atoms with Crippen molar-refractivity contribution in [3.8, 4) is 5.75 Å². The first-order valence-electron chi connectivity index (χ1n) is 6.41. The Morgan fingerprint density at radius 2 is 1.95 bits per heavy atom. The Hall–Kier alpha value is -2.17. The van der Waals surface area contributed by atoms with Crippen LogP contribution in [0.5, 0.6) is 5.75 Å². The maximum Gasteiger partial charge on any atom is 0.340 e. The molecule has 0 fully saturated rings. The summed E-state index contributed by atoms with van der Waals surface area (Å²) < 4.78 is 5.38. The number of hydrogen-bond donors (Lipinski definition) is 2. The smallest absolute Gasteiger partial charge is 0.340 e. The van der Waals surface area contributed by atoms with Gasteiger partial charge in [-0.15, -0.1) is 0 Å². The summed E-state index contributed by atoms with van der Waals surface area (Å²) >= 11 is 0. The summed E-state index contributed by atoms with van der Waals surface area (Å²) in [4.78, 5) is 11.9. The molecule has 0 bridgehead atoms. The van der Waals surface area contributed by atoms with E-state index in [0.717, 1.165) is 10.8 Å². The molecule has 0 saturated carbocycles.